The summed E-state index contributed by atoms with van der Waals surface area (Å²) < 4.78 is 11.1. The summed E-state index contributed by atoms with van der Waals surface area (Å²) in [5, 5.41) is 3.06. The molecule has 2 bridgehead atoms. The maximum absolute atomic E-state index is 13.0. The average Bonchev–Trinajstić information content (AvgIpc) is 2.59. The molecule has 1 fully saturated rings. The number of amides is 2. The number of benzene rings is 2. The molecule has 2 amide bonds. The summed E-state index contributed by atoms with van der Waals surface area (Å²) in [6.45, 7) is 5.94. The first-order valence-corrected chi connectivity index (χ1v) is 8.91. The van der Waals surface area contributed by atoms with Crippen LogP contribution in [0.2, 0.25) is 0 Å². The molecule has 2 aliphatic heterocycles. The lowest BCUT2D eigenvalue weighted by molar-refractivity contribution is 0.0377. The molecule has 0 saturated carbocycles. The van der Waals surface area contributed by atoms with Crippen LogP contribution in [0.5, 0.6) is 5.75 Å². The number of carbonyl (C=O) groups is 2. The average molecular weight is 366 g/mol. The largest absolute Gasteiger partial charge is 0.467 e. The zero-order valence-electron chi connectivity index (χ0n) is 15.8. The molecule has 2 aromatic carbocycles. The van der Waals surface area contributed by atoms with E-state index in [0.29, 0.717) is 17.7 Å². The third kappa shape index (κ3) is 2.81. The molecule has 2 aliphatic rings. The summed E-state index contributed by atoms with van der Waals surface area (Å²) in [4.78, 5) is 26.5. The summed E-state index contributed by atoms with van der Waals surface area (Å²) >= 11 is 0. The van der Waals surface area contributed by atoms with Crippen LogP contribution in [0.4, 0.5) is 10.5 Å². The Labute approximate surface area is 158 Å². The van der Waals surface area contributed by atoms with E-state index in [9.17, 15) is 9.59 Å². The number of anilines is 1. The van der Waals surface area contributed by atoms with Gasteiger partial charge in [-0.05, 0) is 62.2 Å². The summed E-state index contributed by atoms with van der Waals surface area (Å²) in [7, 11) is 1.35. The molecule has 0 radical (unpaired) electrons. The third-order valence-corrected chi connectivity index (χ3v) is 5.16. The van der Waals surface area contributed by atoms with E-state index < -0.39 is 11.7 Å². The molecule has 2 unspecified atom stereocenters. The van der Waals surface area contributed by atoms with Crippen LogP contribution in [0.15, 0.2) is 36.4 Å². The number of fused-ring (bicyclic) bond motifs is 4. The number of methoxy groups -OCH3 is 1. The first kappa shape index (κ1) is 17.4. The van der Waals surface area contributed by atoms with Crippen LogP contribution < -0.4 is 15.0 Å². The van der Waals surface area contributed by atoms with Gasteiger partial charge in [-0.15, -0.1) is 0 Å². The van der Waals surface area contributed by atoms with Crippen molar-refractivity contribution in [1.29, 1.82) is 0 Å². The molecular weight excluding hydrogens is 344 g/mol. The van der Waals surface area contributed by atoms with Gasteiger partial charge in [0.15, 0.2) is 5.72 Å². The van der Waals surface area contributed by atoms with Crippen molar-refractivity contribution < 1.29 is 19.1 Å². The fourth-order valence-corrected chi connectivity index (χ4v) is 4.09. The van der Waals surface area contributed by atoms with E-state index in [1.807, 2.05) is 32.9 Å². The smallest absolute Gasteiger partial charge is 0.337 e. The van der Waals surface area contributed by atoms with Gasteiger partial charge in [0.05, 0.1) is 18.7 Å². The Morgan fingerprint density at radius 3 is 2.59 bits per heavy atom. The van der Waals surface area contributed by atoms with Gasteiger partial charge in [0, 0.05) is 17.7 Å². The van der Waals surface area contributed by atoms with Crippen molar-refractivity contribution in [2.75, 3.05) is 12.0 Å². The quantitative estimate of drug-likeness (QED) is 0.820. The van der Waals surface area contributed by atoms with Crippen molar-refractivity contribution >= 4 is 17.7 Å². The van der Waals surface area contributed by atoms with Crippen molar-refractivity contribution in [2.45, 2.75) is 39.0 Å². The number of nitrogens with one attached hydrogen (secondary N) is 1. The molecule has 0 spiro atoms. The highest BCUT2D eigenvalue weighted by Gasteiger charge is 2.50. The van der Waals surface area contributed by atoms with Crippen molar-refractivity contribution in [3.05, 3.63) is 58.7 Å². The first-order chi connectivity index (χ1) is 12.8. The Balaban J connectivity index is 1.77. The number of rotatable bonds is 2. The van der Waals surface area contributed by atoms with Crippen molar-refractivity contribution in [3.8, 4) is 5.75 Å². The molecular formula is C21H22N2O4. The molecule has 6 heteroatoms. The van der Waals surface area contributed by atoms with Crippen LogP contribution >= 0.6 is 0 Å². The molecule has 2 atom stereocenters. The summed E-state index contributed by atoms with van der Waals surface area (Å²) in [5.74, 6) is 0.251. The van der Waals surface area contributed by atoms with Gasteiger partial charge in [0.2, 0.25) is 0 Å². The fraction of sp³-hybridized carbons (Fsp3) is 0.333. The van der Waals surface area contributed by atoms with Crippen LogP contribution in [0.3, 0.4) is 0 Å². The van der Waals surface area contributed by atoms with E-state index in [0.717, 1.165) is 22.4 Å². The van der Waals surface area contributed by atoms with E-state index in [-0.39, 0.29) is 12.1 Å². The van der Waals surface area contributed by atoms with Gasteiger partial charge >= 0.3 is 12.0 Å². The predicted octanol–water partition coefficient (Wildman–Crippen LogP) is 3.86. The third-order valence-electron chi connectivity index (χ3n) is 5.16. The minimum atomic E-state index is -0.812. The molecule has 0 aliphatic carbocycles. The van der Waals surface area contributed by atoms with Crippen LogP contribution in [0.1, 0.15) is 46.4 Å². The maximum atomic E-state index is 13.0. The number of ether oxygens (including phenoxy) is 2. The van der Waals surface area contributed by atoms with Gasteiger partial charge in [-0.25, -0.2) is 9.59 Å². The van der Waals surface area contributed by atoms with Crippen LogP contribution in [-0.4, -0.2) is 24.8 Å². The Morgan fingerprint density at radius 2 is 1.93 bits per heavy atom. The SMILES string of the molecule is COC(=O)c1ccc2c(c1)C1CC(C)(O2)N(c2cc(C)cc(C)c2)C(=O)N1. The highest BCUT2D eigenvalue weighted by Crippen LogP contribution is 2.46. The van der Waals surface area contributed by atoms with E-state index in [4.69, 9.17) is 9.47 Å². The minimum absolute atomic E-state index is 0.215. The van der Waals surface area contributed by atoms with E-state index in [1.165, 1.54) is 7.11 Å². The van der Waals surface area contributed by atoms with E-state index >= 15 is 0 Å². The molecule has 140 valence electrons. The first-order valence-electron chi connectivity index (χ1n) is 8.91. The topological polar surface area (TPSA) is 67.9 Å². The summed E-state index contributed by atoms with van der Waals surface area (Å²) in [5.41, 5.74) is 3.40. The summed E-state index contributed by atoms with van der Waals surface area (Å²) in [6, 6.07) is 10.8. The molecule has 2 aromatic rings. The lowest BCUT2D eigenvalue weighted by Crippen LogP contribution is -2.65. The lowest BCUT2D eigenvalue weighted by Gasteiger charge is -2.50. The Hall–Kier alpha value is -3.02. The zero-order valence-corrected chi connectivity index (χ0v) is 15.8. The molecule has 0 aromatic heterocycles. The Morgan fingerprint density at radius 1 is 1.22 bits per heavy atom. The Bertz CT molecular complexity index is 935. The number of esters is 1. The van der Waals surface area contributed by atoms with Gasteiger partial charge in [0.1, 0.15) is 5.75 Å². The zero-order chi connectivity index (χ0) is 19.3. The second-order valence-corrected chi connectivity index (χ2v) is 7.41. The molecule has 27 heavy (non-hydrogen) atoms. The number of hydrogen-bond acceptors (Lipinski definition) is 4. The van der Waals surface area contributed by atoms with E-state index in [2.05, 4.69) is 11.4 Å². The second-order valence-electron chi connectivity index (χ2n) is 7.41. The molecule has 1 saturated heterocycles. The Kier molecular flexibility index (Phi) is 3.87. The second kappa shape index (κ2) is 6.01. The predicted molar refractivity (Wildman–Crippen MR) is 101 cm³/mol. The number of hydrogen-bond donors (Lipinski definition) is 1. The van der Waals surface area contributed by atoms with Gasteiger partial charge in [-0.3, -0.25) is 4.90 Å². The monoisotopic (exact) mass is 366 g/mol. The standard InChI is InChI=1S/C21H22N2O4/c1-12-7-13(2)9-15(8-12)23-20(25)22-17-11-21(23,3)27-18-6-5-14(10-16(17)18)19(24)26-4/h5-10,17H,11H2,1-4H3,(H,22,25). The van der Waals surface area contributed by atoms with Gasteiger partial charge in [-0.1, -0.05) is 6.07 Å². The van der Waals surface area contributed by atoms with Crippen LogP contribution in [-0.2, 0) is 4.74 Å². The number of carbonyl (C=O) groups excluding carboxylic acids is 2. The van der Waals surface area contributed by atoms with Crippen molar-refractivity contribution in [3.63, 3.8) is 0 Å². The van der Waals surface area contributed by atoms with Crippen LogP contribution in [0.25, 0.3) is 0 Å². The molecule has 1 N–H and O–H groups in total. The lowest BCUT2D eigenvalue weighted by atomic mass is 9.89. The fourth-order valence-electron chi connectivity index (χ4n) is 4.09. The maximum Gasteiger partial charge on any atom is 0.337 e. The summed E-state index contributed by atoms with van der Waals surface area (Å²) in [6.07, 6.45) is 0.573. The number of urea groups is 1. The number of aryl methyl sites for hydroxylation is 2. The van der Waals surface area contributed by atoms with Gasteiger partial charge in [0.25, 0.3) is 0 Å². The molecule has 6 nitrogen and oxygen atoms in total. The minimum Gasteiger partial charge on any atom is -0.467 e. The van der Waals surface area contributed by atoms with Crippen molar-refractivity contribution in [1.82, 2.24) is 5.32 Å². The highest BCUT2D eigenvalue weighted by atomic mass is 16.5. The molecule has 4 rings (SSSR count). The highest BCUT2D eigenvalue weighted by molar-refractivity contribution is 5.95. The van der Waals surface area contributed by atoms with Crippen LogP contribution in [0, 0.1) is 13.8 Å². The molecule has 2 heterocycles. The number of nitrogens with zero attached hydrogens (tertiary/aromatic N) is 1. The van der Waals surface area contributed by atoms with E-state index in [1.54, 1.807) is 23.1 Å². The van der Waals surface area contributed by atoms with Gasteiger partial charge < -0.3 is 14.8 Å². The van der Waals surface area contributed by atoms with Crippen molar-refractivity contribution in [2.24, 2.45) is 0 Å². The van der Waals surface area contributed by atoms with Gasteiger partial charge in [-0.2, -0.15) is 0 Å². The normalized spacial score (nSPS) is 23.2.